The standard InChI is InChI=1S/C20H20ClNO4/c21-15-5-2-1-4-14(15)20(8-10-24-11-9-20)19(23)22-16-6-3-7-17-18(16)26-13-12-25-17/h1-7H,8-13H2,(H,22,23). The summed E-state index contributed by atoms with van der Waals surface area (Å²) in [5, 5.41) is 3.64. The van der Waals surface area contributed by atoms with Crippen LogP contribution in [0.5, 0.6) is 11.5 Å². The number of hydrogen-bond acceptors (Lipinski definition) is 4. The number of carbonyl (C=O) groups is 1. The Labute approximate surface area is 157 Å². The molecule has 0 spiro atoms. The van der Waals surface area contributed by atoms with E-state index in [1.165, 1.54) is 0 Å². The van der Waals surface area contributed by atoms with E-state index >= 15 is 0 Å². The molecule has 0 aliphatic carbocycles. The molecule has 6 heteroatoms. The molecule has 2 aliphatic rings. The van der Waals surface area contributed by atoms with Gasteiger partial charge in [0, 0.05) is 18.2 Å². The molecule has 1 saturated heterocycles. The minimum atomic E-state index is -0.727. The van der Waals surface area contributed by atoms with Gasteiger partial charge in [-0.05, 0) is 36.6 Å². The highest BCUT2D eigenvalue weighted by atomic mass is 35.5. The molecule has 2 aromatic rings. The van der Waals surface area contributed by atoms with Crippen LogP contribution in [0.1, 0.15) is 18.4 Å². The third kappa shape index (κ3) is 3.02. The number of rotatable bonds is 3. The van der Waals surface area contributed by atoms with Crippen molar-refractivity contribution in [1.29, 1.82) is 0 Å². The van der Waals surface area contributed by atoms with Gasteiger partial charge in [-0.1, -0.05) is 35.9 Å². The van der Waals surface area contributed by atoms with E-state index in [4.69, 9.17) is 25.8 Å². The van der Waals surface area contributed by atoms with Crippen LogP contribution in [0, 0.1) is 0 Å². The number of fused-ring (bicyclic) bond motifs is 1. The summed E-state index contributed by atoms with van der Waals surface area (Å²) in [6.45, 7) is 2.00. The number of ether oxygens (including phenoxy) is 3. The third-order valence-electron chi connectivity index (χ3n) is 4.98. The Morgan fingerprint density at radius 3 is 2.54 bits per heavy atom. The lowest BCUT2D eigenvalue weighted by Gasteiger charge is -2.37. The van der Waals surface area contributed by atoms with E-state index in [-0.39, 0.29) is 5.91 Å². The molecule has 0 unspecified atom stereocenters. The van der Waals surface area contributed by atoms with Crippen LogP contribution in [-0.4, -0.2) is 32.3 Å². The summed E-state index contributed by atoms with van der Waals surface area (Å²) < 4.78 is 16.8. The van der Waals surface area contributed by atoms with Crippen LogP contribution >= 0.6 is 11.6 Å². The number of hydrogen-bond donors (Lipinski definition) is 1. The van der Waals surface area contributed by atoms with E-state index in [0.717, 1.165) is 5.56 Å². The predicted octanol–water partition coefficient (Wildman–Crippen LogP) is 3.80. The van der Waals surface area contributed by atoms with Crippen molar-refractivity contribution in [2.45, 2.75) is 18.3 Å². The summed E-state index contributed by atoms with van der Waals surface area (Å²) >= 11 is 6.44. The van der Waals surface area contributed by atoms with E-state index in [1.807, 2.05) is 42.5 Å². The molecule has 4 rings (SSSR count). The Bertz CT molecular complexity index is 817. The van der Waals surface area contributed by atoms with Crippen molar-refractivity contribution in [2.75, 3.05) is 31.7 Å². The van der Waals surface area contributed by atoms with Gasteiger partial charge in [0.05, 0.1) is 11.1 Å². The fourth-order valence-corrected chi connectivity index (χ4v) is 3.92. The highest BCUT2D eigenvalue weighted by Gasteiger charge is 2.43. The summed E-state index contributed by atoms with van der Waals surface area (Å²) in [5.41, 5.74) is 0.726. The average molecular weight is 374 g/mol. The van der Waals surface area contributed by atoms with Crippen molar-refractivity contribution < 1.29 is 19.0 Å². The summed E-state index contributed by atoms with van der Waals surface area (Å²) in [7, 11) is 0. The van der Waals surface area contributed by atoms with Gasteiger partial charge in [-0.2, -0.15) is 0 Å². The van der Waals surface area contributed by atoms with Crippen LogP contribution < -0.4 is 14.8 Å². The molecular weight excluding hydrogens is 354 g/mol. The Hall–Kier alpha value is -2.24. The van der Waals surface area contributed by atoms with Gasteiger partial charge in [0.2, 0.25) is 5.91 Å². The molecule has 1 N–H and O–H groups in total. The van der Waals surface area contributed by atoms with Crippen LogP contribution in [0.25, 0.3) is 0 Å². The molecular formula is C20H20ClNO4. The summed E-state index contributed by atoms with van der Waals surface area (Å²) in [5.74, 6) is 1.12. The lowest BCUT2D eigenvalue weighted by atomic mass is 9.73. The first-order valence-corrected chi connectivity index (χ1v) is 9.11. The zero-order valence-corrected chi connectivity index (χ0v) is 15.1. The topological polar surface area (TPSA) is 56.8 Å². The fourth-order valence-electron chi connectivity index (χ4n) is 3.60. The van der Waals surface area contributed by atoms with Crippen LogP contribution in [0.3, 0.4) is 0 Å². The molecule has 136 valence electrons. The van der Waals surface area contributed by atoms with Gasteiger partial charge in [-0.15, -0.1) is 0 Å². The van der Waals surface area contributed by atoms with Crippen LogP contribution in [-0.2, 0) is 14.9 Å². The summed E-state index contributed by atoms with van der Waals surface area (Å²) in [4.78, 5) is 13.4. The molecule has 0 radical (unpaired) electrons. The molecule has 0 atom stereocenters. The molecule has 0 saturated carbocycles. The first-order chi connectivity index (χ1) is 12.7. The van der Waals surface area contributed by atoms with Gasteiger partial charge in [-0.25, -0.2) is 0 Å². The number of amides is 1. The fraction of sp³-hybridized carbons (Fsp3) is 0.350. The Kier molecular flexibility index (Phi) is 4.74. The van der Waals surface area contributed by atoms with Crippen molar-refractivity contribution in [3.8, 4) is 11.5 Å². The minimum Gasteiger partial charge on any atom is -0.486 e. The molecule has 5 nitrogen and oxygen atoms in total. The maximum atomic E-state index is 13.4. The molecule has 0 bridgehead atoms. The molecule has 1 fully saturated rings. The Morgan fingerprint density at radius 2 is 1.73 bits per heavy atom. The van der Waals surface area contributed by atoms with E-state index in [9.17, 15) is 4.79 Å². The second-order valence-electron chi connectivity index (χ2n) is 6.46. The smallest absolute Gasteiger partial charge is 0.235 e. The van der Waals surface area contributed by atoms with Gasteiger partial charge < -0.3 is 19.5 Å². The van der Waals surface area contributed by atoms with E-state index in [0.29, 0.717) is 61.5 Å². The molecule has 2 aromatic carbocycles. The number of nitrogens with one attached hydrogen (secondary N) is 1. The lowest BCUT2D eigenvalue weighted by molar-refractivity contribution is -0.125. The van der Waals surface area contributed by atoms with Gasteiger partial charge in [0.15, 0.2) is 11.5 Å². The van der Waals surface area contributed by atoms with Gasteiger partial charge >= 0.3 is 0 Å². The lowest BCUT2D eigenvalue weighted by Crippen LogP contribution is -2.45. The first-order valence-electron chi connectivity index (χ1n) is 8.73. The Balaban J connectivity index is 1.69. The van der Waals surface area contributed by atoms with Crippen LogP contribution in [0.4, 0.5) is 5.69 Å². The van der Waals surface area contributed by atoms with Gasteiger partial charge in [0.25, 0.3) is 0 Å². The number of anilines is 1. The molecule has 2 aliphatic heterocycles. The number of para-hydroxylation sites is 1. The van der Waals surface area contributed by atoms with Gasteiger partial charge in [0.1, 0.15) is 13.2 Å². The normalized spacial score (nSPS) is 18.2. The SMILES string of the molecule is O=C(Nc1cccc2c1OCCO2)C1(c2ccccc2Cl)CCOCC1. The van der Waals surface area contributed by atoms with E-state index in [1.54, 1.807) is 0 Å². The molecule has 0 aromatic heterocycles. The summed E-state index contributed by atoms with van der Waals surface area (Å²) in [6.07, 6.45) is 1.16. The van der Waals surface area contributed by atoms with E-state index < -0.39 is 5.41 Å². The third-order valence-corrected chi connectivity index (χ3v) is 5.31. The summed E-state index contributed by atoms with van der Waals surface area (Å²) in [6, 6.07) is 13.0. The predicted molar refractivity (Wildman–Crippen MR) is 99.2 cm³/mol. The number of carbonyl (C=O) groups excluding carboxylic acids is 1. The van der Waals surface area contributed by atoms with Crippen molar-refractivity contribution in [2.24, 2.45) is 0 Å². The molecule has 2 heterocycles. The number of benzene rings is 2. The highest BCUT2D eigenvalue weighted by Crippen LogP contribution is 2.42. The number of halogens is 1. The van der Waals surface area contributed by atoms with E-state index in [2.05, 4.69) is 5.32 Å². The van der Waals surface area contributed by atoms with Crippen LogP contribution in [0.15, 0.2) is 42.5 Å². The van der Waals surface area contributed by atoms with Crippen molar-refractivity contribution in [3.63, 3.8) is 0 Å². The first kappa shape index (κ1) is 17.2. The molecule has 26 heavy (non-hydrogen) atoms. The minimum absolute atomic E-state index is 0.100. The van der Waals surface area contributed by atoms with Crippen LogP contribution in [0.2, 0.25) is 5.02 Å². The van der Waals surface area contributed by atoms with Crippen molar-refractivity contribution in [1.82, 2.24) is 0 Å². The largest absolute Gasteiger partial charge is 0.486 e. The maximum absolute atomic E-state index is 13.4. The Morgan fingerprint density at radius 1 is 0.962 bits per heavy atom. The quantitative estimate of drug-likeness (QED) is 0.889. The highest BCUT2D eigenvalue weighted by molar-refractivity contribution is 6.31. The second kappa shape index (κ2) is 7.17. The second-order valence-corrected chi connectivity index (χ2v) is 6.87. The monoisotopic (exact) mass is 373 g/mol. The maximum Gasteiger partial charge on any atom is 0.235 e. The average Bonchev–Trinajstić information content (AvgIpc) is 2.69. The molecule has 1 amide bonds. The van der Waals surface area contributed by atoms with Gasteiger partial charge in [-0.3, -0.25) is 4.79 Å². The zero-order valence-electron chi connectivity index (χ0n) is 14.3. The van der Waals surface area contributed by atoms with Crippen molar-refractivity contribution >= 4 is 23.2 Å². The zero-order chi connectivity index (χ0) is 18.0. The van der Waals surface area contributed by atoms with Crippen molar-refractivity contribution in [3.05, 3.63) is 53.1 Å².